The van der Waals surface area contributed by atoms with Gasteiger partial charge >= 0.3 is 5.97 Å². The van der Waals surface area contributed by atoms with E-state index in [4.69, 9.17) is 22.3 Å². The van der Waals surface area contributed by atoms with Crippen LogP contribution in [0.1, 0.15) is 92.4 Å². The van der Waals surface area contributed by atoms with E-state index in [1.807, 2.05) is 6.92 Å². The molecule has 1 aromatic rings. The molecule has 8 heteroatoms. The summed E-state index contributed by atoms with van der Waals surface area (Å²) in [7, 11) is 0. The maximum absolute atomic E-state index is 10.5. The Labute approximate surface area is 188 Å². The molecular weight excluding hydrogens is 392 g/mol. The van der Waals surface area contributed by atoms with Gasteiger partial charge in [-0.15, -0.1) is 0 Å². The Morgan fingerprint density at radius 2 is 1.19 bits per heavy atom. The predicted octanol–water partition coefficient (Wildman–Crippen LogP) is 5.07. The first-order valence-corrected chi connectivity index (χ1v) is 11.4. The van der Waals surface area contributed by atoms with Crippen LogP contribution in [0.3, 0.4) is 0 Å². The fourth-order valence-electron chi connectivity index (χ4n) is 3.42. The number of nitrogen functional groups attached to an aromatic ring is 3. The average Bonchev–Trinajstić information content (AvgIpc) is 2.60. The van der Waals surface area contributed by atoms with Gasteiger partial charge in [-0.3, -0.25) is 0 Å². The lowest BCUT2D eigenvalue weighted by atomic mass is 9.91. The van der Waals surface area contributed by atoms with E-state index in [0.717, 1.165) is 36.2 Å². The fraction of sp³-hybridized carbons (Fsp3) is 0.739. The molecule has 1 heterocycles. The quantitative estimate of drug-likeness (QED) is 0.312. The number of allylic oxidation sites excluding steroid dienone is 1. The van der Waals surface area contributed by atoms with Gasteiger partial charge in [-0.1, -0.05) is 78.2 Å². The molecule has 0 saturated carbocycles. The van der Waals surface area contributed by atoms with Crippen LogP contribution in [0.15, 0.2) is 11.6 Å². The highest BCUT2D eigenvalue weighted by atomic mass is 16.4. The largest absolute Gasteiger partial charge is 0.478 e. The number of anilines is 3. The zero-order valence-corrected chi connectivity index (χ0v) is 20.1. The molecule has 0 saturated heterocycles. The van der Waals surface area contributed by atoms with Crippen LogP contribution in [0.25, 0.3) is 0 Å². The SMILES string of the molecule is C/C(=C\C(=O)O)CCC[C@H](C)CCC[C@H](C)CCCC(C)C.Nc1nc(N)nc(N)n1. The Kier molecular flexibility index (Phi) is 15.1. The Balaban J connectivity index is 0.000000823. The zero-order chi connectivity index (χ0) is 23.8. The van der Waals surface area contributed by atoms with Gasteiger partial charge < -0.3 is 22.3 Å². The molecule has 0 aromatic carbocycles. The normalized spacial score (nSPS) is 13.4. The van der Waals surface area contributed by atoms with Crippen molar-refractivity contribution in [2.45, 2.75) is 92.4 Å². The highest BCUT2D eigenvalue weighted by Gasteiger charge is 2.07. The number of hydrogen-bond donors (Lipinski definition) is 4. The van der Waals surface area contributed by atoms with Crippen LogP contribution < -0.4 is 17.2 Å². The van der Waals surface area contributed by atoms with Crippen LogP contribution in [-0.4, -0.2) is 26.0 Å². The highest BCUT2D eigenvalue weighted by molar-refractivity contribution is 5.80. The van der Waals surface area contributed by atoms with Crippen molar-refractivity contribution in [3.05, 3.63) is 11.6 Å². The van der Waals surface area contributed by atoms with E-state index in [9.17, 15) is 4.79 Å². The summed E-state index contributed by atoms with van der Waals surface area (Å²) in [6.45, 7) is 11.3. The van der Waals surface area contributed by atoms with Crippen molar-refractivity contribution in [2.75, 3.05) is 17.2 Å². The van der Waals surface area contributed by atoms with Crippen molar-refractivity contribution in [3.63, 3.8) is 0 Å². The van der Waals surface area contributed by atoms with Gasteiger partial charge in [-0.25, -0.2) is 4.79 Å². The number of aliphatic carboxylic acids is 1. The minimum absolute atomic E-state index is 0.0417. The number of hydrogen-bond acceptors (Lipinski definition) is 7. The van der Waals surface area contributed by atoms with Gasteiger partial charge in [0.2, 0.25) is 17.8 Å². The van der Waals surface area contributed by atoms with Crippen LogP contribution in [0, 0.1) is 17.8 Å². The zero-order valence-electron chi connectivity index (χ0n) is 20.1. The van der Waals surface area contributed by atoms with Crippen LogP contribution in [0.4, 0.5) is 17.8 Å². The maximum Gasteiger partial charge on any atom is 0.328 e. The first-order chi connectivity index (χ1) is 14.5. The summed E-state index contributed by atoms with van der Waals surface area (Å²) in [6, 6.07) is 0. The number of carbonyl (C=O) groups is 1. The van der Waals surface area contributed by atoms with E-state index < -0.39 is 5.97 Å². The summed E-state index contributed by atoms with van der Waals surface area (Å²) in [5.74, 6) is 1.77. The molecule has 0 fully saturated rings. The van der Waals surface area contributed by atoms with Crippen molar-refractivity contribution in [1.82, 2.24) is 15.0 Å². The van der Waals surface area contributed by atoms with Crippen molar-refractivity contribution in [2.24, 2.45) is 17.8 Å². The second-order valence-electron chi connectivity index (χ2n) is 9.10. The molecule has 31 heavy (non-hydrogen) atoms. The van der Waals surface area contributed by atoms with Crippen LogP contribution in [0.2, 0.25) is 0 Å². The molecule has 1 aromatic heterocycles. The van der Waals surface area contributed by atoms with Crippen LogP contribution >= 0.6 is 0 Å². The monoisotopic (exact) mass is 436 g/mol. The average molecular weight is 437 g/mol. The number of aromatic nitrogens is 3. The number of nitrogens with two attached hydrogens (primary N) is 3. The van der Waals surface area contributed by atoms with E-state index in [0.29, 0.717) is 0 Å². The number of rotatable bonds is 13. The predicted molar refractivity (Wildman–Crippen MR) is 129 cm³/mol. The van der Waals surface area contributed by atoms with Crippen molar-refractivity contribution in [1.29, 1.82) is 0 Å². The minimum Gasteiger partial charge on any atom is -0.478 e. The Bertz CT molecular complexity index is 613. The first kappa shape index (κ1) is 28.6. The third-order valence-electron chi connectivity index (χ3n) is 5.20. The van der Waals surface area contributed by atoms with E-state index in [1.54, 1.807) is 0 Å². The van der Waals surface area contributed by atoms with Crippen molar-refractivity contribution >= 4 is 23.8 Å². The lowest BCUT2D eigenvalue weighted by molar-refractivity contribution is -0.131. The van der Waals surface area contributed by atoms with Gasteiger partial charge in [0, 0.05) is 6.08 Å². The molecule has 0 spiro atoms. The lowest BCUT2D eigenvalue weighted by Gasteiger charge is -2.15. The standard InChI is InChI=1S/C20H38O2.C3H6N6/c1-16(2)9-6-10-17(3)11-7-12-18(4)13-8-14-19(5)15-20(21)22;4-1-7-2(5)9-3(6)8-1/h15-18H,6-14H2,1-5H3,(H,21,22);(H6,4,5,6,7,8,9)/b19-15+;/t17-,18-;/m1./s1. The summed E-state index contributed by atoms with van der Waals surface area (Å²) in [5.41, 5.74) is 16.4. The third kappa shape index (κ3) is 18.1. The van der Waals surface area contributed by atoms with Gasteiger partial charge in [0.05, 0.1) is 0 Å². The summed E-state index contributed by atoms with van der Waals surface area (Å²) in [4.78, 5) is 21.0. The van der Waals surface area contributed by atoms with E-state index >= 15 is 0 Å². The number of carboxylic acids is 1. The fourth-order valence-corrected chi connectivity index (χ4v) is 3.42. The molecule has 0 unspecified atom stereocenters. The molecule has 0 amide bonds. The third-order valence-corrected chi connectivity index (χ3v) is 5.20. The second-order valence-corrected chi connectivity index (χ2v) is 9.10. The highest BCUT2D eigenvalue weighted by Crippen LogP contribution is 2.22. The Hall–Kier alpha value is -2.38. The summed E-state index contributed by atoms with van der Waals surface area (Å²) in [5, 5.41) is 8.68. The molecule has 0 aliphatic heterocycles. The summed E-state index contributed by atoms with van der Waals surface area (Å²) >= 11 is 0. The Morgan fingerprint density at radius 3 is 1.58 bits per heavy atom. The van der Waals surface area contributed by atoms with Gasteiger partial charge in [0.15, 0.2) is 0 Å². The topological polar surface area (TPSA) is 154 Å². The molecule has 7 N–H and O–H groups in total. The summed E-state index contributed by atoms with van der Waals surface area (Å²) < 4.78 is 0. The van der Waals surface area contributed by atoms with Crippen LogP contribution in [-0.2, 0) is 4.79 Å². The molecule has 0 bridgehead atoms. The Morgan fingerprint density at radius 1 is 0.806 bits per heavy atom. The molecule has 0 aliphatic rings. The number of nitrogens with zero attached hydrogens (tertiary/aromatic N) is 3. The smallest absolute Gasteiger partial charge is 0.328 e. The van der Waals surface area contributed by atoms with E-state index in [1.165, 1.54) is 51.0 Å². The van der Waals surface area contributed by atoms with Gasteiger partial charge in [-0.2, -0.15) is 15.0 Å². The van der Waals surface area contributed by atoms with Gasteiger partial charge in [0.1, 0.15) is 0 Å². The molecule has 8 nitrogen and oxygen atoms in total. The molecular formula is C23H44N6O2. The first-order valence-electron chi connectivity index (χ1n) is 11.4. The molecule has 1 rings (SSSR count). The van der Waals surface area contributed by atoms with Gasteiger partial charge in [-0.05, 0) is 37.5 Å². The molecule has 0 aliphatic carbocycles. The molecule has 2 atom stereocenters. The summed E-state index contributed by atoms with van der Waals surface area (Å²) in [6.07, 6.45) is 12.7. The maximum atomic E-state index is 10.5. The second kappa shape index (κ2) is 16.3. The molecule has 178 valence electrons. The molecule has 0 radical (unpaired) electrons. The van der Waals surface area contributed by atoms with E-state index in [-0.39, 0.29) is 17.8 Å². The van der Waals surface area contributed by atoms with Crippen molar-refractivity contribution < 1.29 is 9.90 Å². The van der Waals surface area contributed by atoms with Crippen LogP contribution in [0.5, 0.6) is 0 Å². The minimum atomic E-state index is -0.822. The lowest BCUT2D eigenvalue weighted by Crippen LogP contribution is -2.05. The number of carboxylic acid groups (broad SMARTS) is 1. The van der Waals surface area contributed by atoms with Gasteiger partial charge in [0.25, 0.3) is 0 Å². The van der Waals surface area contributed by atoms with Crippen molar-refractivity contribution in [3.8, 4) is 0 Å². The van der Waals surface area contributed by atoms with E-state index in [2.05, 4.69) is 42.6 Å².